The molecule has 87 heavy (non-hydrogen) atoms. The number of methoxy groups -OCH3 is 1. The minimum absolute atomic E-state index is 0.00929. The van der Waals surface area contributed by atoms with Crippen molar-refractivity contribution in [3.8, 4) is 5.75 Å². The molecule has 6 rings (SSSR count). The van der Waals surface area contributed by atoms with Crippen LogP contribution in [0.4, 0.5) is 19.0 Å². The third kappa shape index (κ3) is 28.0. The number of alkyl halides is 1. The second-order valence-corrected chi connectivity index (χ2v) is 21.8. The molecule has 4 atom stereocenters. The minimum atomic E-state index is -2.00. The van der Waals surface area contributed by atoms with Crippen LogP contribution in [0.25, 0.3) is 0 Å². The van der Waals surface area contributed by atoms with Gasteiger partial charge in [0, 0.05) is 46.5 Å². The van der Waals surface area contributed by atoms with Crippen molar-refractivity contribution in [3.05, 3.63) is 89.1 Å². The number of nitrogens with zero attached hydrogens (tertiary/aromatic N) is 8. The molecule has 4 aromatic rings. The number of likely N-dealkylation sites (tertiary alicyclic amines) is 1. The first kappa shape index (κ1) is 72.5. The molecule has 32 heteroatoms. The van der Waals surface area contributed by atoms with Crippen LogP contribution in [0.3, 0.4) is 0 Å². The molecule has 0 radical (unpaired) electrons. The number of hydrogen-bond donors (Lipinski definition) is 4. The fourth-order valence-corrected chi connectivity index (χ4v) is 9.74. The second-order valence-electron chi connectivity index (χ2n) is 19.0. The maximum absolute atomic E-state index is 14.1. The Labute approximate surface area is 511 Å². The molecule has 2 fully saturated rings. The predicted molar refractivity (Wildman–Crippen MR) is 316 cm³/mol. The largest absolute Gasteiger partial charge is 0.491 e. The molecule has 2 aliphatic heterocycles. The molecule has 4 N–H and O–H groups in total. The highest BCUT2D eigenvalue weighted by Gasteiger charge is 2.33. The van der Waals surface area contributed by atoms with E-state index in [9.17, 15) is 27.6 Å². The van der Waals surface area contributed by atoms with Gasteiger partial charge in [0.2, 0.25) is 11.8 Å². The maximum Gasteiger partial charge on any atom is 0.247 e. The molecule has 2 aliphatic rings. The van der Waals surface area contributed by atoms with Gasteiger partial charge in [0.25, 0.3) is 0 Å². The van der Waals surface area contributed by atoms with Gasteiger partial charge in [0.1, 0.15) is 35.7 Å². The number of hydrogen-bond acceptors (Lipinski definition) is 21. The van der Waals surface area contributed by atoms with E-state index in [1.54, 1.807) is 20.5 Å². The molecule has 4 unspecified atom stereocenters. The topological polar surface area (TPSA) is 294 Å². The number of aliphatic imine (C=N–C) groups is 2. The summed E-state index contributed by atoms with van der Waals surface area (Å²) in [6, 6.07) is 9.27. The Bertz CT molecular complexity index is 2600. The lowest BCUT2D eigenvalue weighted by molar-refractivity contribution is -0.133. The van der Waals surface area contributed by atoms with Gasteiger partial charge in [-0.25, -0.2) is 27.5 Å². The highest BCUT2D eigenvalue weighted by molar-refractivity contribution is 7.58. The summed E-state index contributed by atoms with van der Waals surface area (Å²) < 4.78 is 101. The van der Waals surface area contributed by atoms with Gasteiger partial charge in [-0.15, -0.1) is 16.7 Å². The summed E-state index contributed by atoms with van der Waals surface area (Å²) in [7, 11) is -0.922. The third-order valence-corrected chi connectivity index (χ3v) is 14.9. The number of rotatable bonds is 43. The Morgan fingerprint density at radius 1 is 0.862 bits per heavy atom. The van der Waals surface area contributed by atoms with Crippen molar-refractivity contribution in [2.24, 2.45) is 9.98 Å². The fourth-order valence-electron chi connectivity index (χ4n) is 8.49. The van der Waals surface area contributed by atoms with E-state index < -0.39 is 43.8 Å². The second kappa shape index (κ2) is 43.5. The molecule has 0 spiro atoms. The summed E-state index contributed by atoms with van der Waals surface area (Å²) in [4.78, 5) is 66.3. The fraction of sp³-hybridized carbons (Fsp3) is 0.600. The summed E-state index contributed by atoms with van der Waals surface area (Å²) in [5, 5.41) is 19.3. The third-order valence-electron chi connectivity index (χ3n) is 12.7. The van der Waals surface area contributed by atoms with Gasteiger partial charge >= 0.3 is 0 Å². The quantitative estimate of drug-likeness (QED) is 0.00847. The predicted octanol–water partition coefficient (Wildman–Crippen LogP) is 5.15. The van der Waals surface area contributed by atoms with Gasteiger partial charge in [-0.2, -0.15) is 5.10 Å². The molecule has 0 saturated carbocycles. The number of ether oxygens (including phenoxy) is 10. The number of benzene rings is 2. The molecule has 2 saturated heterocycles. The first-order valence-electron chi connectivity index (χ1n) is 28.3. The van der Waals surface area contributed by atoms with E-state index in [2.05, 4.69) is 47.5 Å². The van der Waals surface area contributed by atoms with Gasteiger partial charge in [-0.1, -0.05) is 35.5 Å². The van der Waals surface area contributed by atoms with E-state index in [0.717, 1.165) is 13.4 Å². The van der Waals surface area contributed by atoms with Crippen molar-refractivity contribution in [2.45, 2.75) is 76.1 Å². The molecule has 0 bridgehead atoms. The number of piperidine rings is 1. The Kier molecular flexibility index (Phi) is 36.2. The Morgan fingerprint density at radius 3 is 2.07 bits per heavy atom. The van der Waals surface area contributed by atoms with Crippen LogP contribution in [0, 0.1) is 17.5 Å². The number of aromatic nitrogens is 5. The lowest BCUT2D eigenvalue weighted by atomic mass is 10.0. The zero-order valence-electron chi connectivity index (χ0n) is 48.7. The van der Waals surface area contributed by atoms with Gasteiger partial charge in [0.05, 0.1) is 162 Å². The van der Waals surface area contributed by atoms with E-state index in [1.165, 1.54) is 0 Å². The van der Waals surface area contributed by atoms with Crippen LogP contribution in [0.2, 0.25) is 0 Å². The lowest BCUT2D eigenvalue weighted by Gasteiger charge is -2.33. The van der Waals surface area contributed by atoms with Crippen LogP contribution >= 0.6 is 28.8 Å². The number of amidine groups is 1. The number of carbonyl (C=O) groups is 3. The number of nitrogens with one attached hydrogen (secondary N) is 2. The SMILES string of the molecule is C=Nc1c(/C(=N\CCl)NC(C(=O)NC2CCN(C(=O)CCOCCOCCOCCOCc3cn(CCOCCOCCOCCOCCC=O)nn3)CC2)c2ccccc2)cnn1C1CCC(COPCP(O)O)O1.COc1c(F)cc(F)cc1F. The molecule has 2 aromatic heterocycles. The maximum atomic E-state index is 14.1. The highest BCUT2D eigenvalue weighted by atomic mass is 35.5. The highest BCUT2D eigenvalue weighted by Crippen LogP contribution is 2.36. The first-order chi connectivity index (χ1) is 42.4. The molecule has 2 aromatic carbocycles. The molecule has 26 nitrogen and oxygen atoms in total. The molecular weight excluding hydrogens is 1210 g/mol. The summed E-state index contributed by atoms with van der Waals surface area (Å²) in [5.41, 5.74) is 1.90. The summed E-state index contributed by atoms with van der Waals surface area (Å²) in [6.07, 6.45) is 6.72. The molecule has 2 amide bonds. The number of aldehydes is 1. The summed E-state index contributed by atoms with van der Waals surface area (Å²) in [6.45, 7) is 12.2. The smallest absolute Gasteiger partial charge is 0.247 e. The Hall–Kier alpha value is -5.20. The Balaban J connectivity index is 0.00000112. The normalized spacial score (nSPS) is 15.9. The lowest BCUT2D eigenvalue weighted by Crippen LogP contribution is -2.49. The number of carbonyl (C=O) groups excluding carboxylic acids is 3. The first-order valence-corrected chi connectivity index (χ1v) is 31.4. The van der Waals surface area contributed by atoms with Gasteiger partial charge in [-0.05, 0) is 38.0 Å². The molecule has 484 valence electrons. The average molecular weight is 1290 g/mol. The van der Waals surface area contributed by atoms with Gasteiger partial charge in [0.15, 0.2) is 37.8 Å². The van der Waals surface area contributed by atoms with Crippen molar-refractivity contribution in [1.29, 1.82) is 0 Å². The van der Waals surface area contributed by atoms with Crippen LogP contribution in [-0.4, -0.2) is 220 Å². The standard InChI is InChI=1S/C48H75ClN10O15P2.C7H5F3O/c1-50-47-42(32-52-59(47)44-9-8-41(74-44)35-73-75-37-76(63)64)46(51-36-49)54-45(38-6-3-2-4-7-38)48(62)53-39-10-13-57(14-11-39)43(61)12-18-66-21-24-69-28-29-71-30-31-72-34-40-33-58(56-55-40)15-19-67-22-25-70-27-26-68-23-20-65-17-5-16-60;1-11-7-5(9)2-4(8)3-6(7)10/h2-4,6-7,16,32-33,39,41,44-45,63-64,75H,1,5,8-15,17-31,34-37H2,(H,51,54)(H,53,62);2-3H,1H3. The van der Waals surface area contributed by atoms with E-state index in [4.69, 9.17) is 68.5 Å². The molecular formula is C55H80ClF3N10O16P2. The van der Waals surface area contributed by atoms with Gasteiger partial charge in [-0.3, -0.25) is 14.6 Å². The van der Waals surface area contributed by atoms with Crippen molar-refractivity contribution in [2.75, 3.05) is 138 Å². The van der Waals surface area contributed by atoms with Crippen molar-refractivity contribution in [1.82, 2.24) is 40.3 Å². The van der Waals surface area contributed by atoms with Crippen molar-refractivity contribution in [3.63, 3.8) is 0 Å². The van der Waals surface area contributed by atoms with E-state index in [0.29, 0.717) is 198 Å². The van der Waals surface area contributed by atoms with E-state index >= 15 is 0 Å². The average Bonchev–Trinajstić information content (AvgIpc) is 1.99. The molecule has 0 aliphatic carbocycles. The van der Waals surface area contributed by atoms with Crippen molar-refractivity contribution < 1.29 is 89.2 Å². The monoisotopic (exact) mass is 1290 g/mol. The number of halogens is 4. The summed E-state index contributed by atoms with van der Waals surface area (Å²) >= 11 is 6.17. The molecule has 4 heterocycles. The van der Waals surface area contributed by atoms with Crippen LogP contribution in [0.5, 0.6) is 5.75 Å². The zero-order valence-corrected chi connectivity index (χ0v) is 51.4. The Morgan fingerprint density at radius 2 is 1.47 bits per heavy atom. The summed E-state index contributed by atoms with van der Waals surface area (Å²) in [5.74, 6) is -2.98. The minimum Gasteiger partial charge on any atom is -0.491 e. The zero-order chi connectivity index (χ0) is 62.3. The van der Waals surface area contributed by atoms with Crippen LogP contribution in [0.1, 0.15) is 67.6 Å². The van der Waals surface area contributed by atoms with Crippen LogP contribution in [-0.2, 0) is 74.7 Å². The number of amides is 2. The van der Waals surface area contributed by atoms with Crippen LogP contribution < -0.4 is 15.4 Å². The van der Waals surface area contributed by atoms with Crippen molar-refractivity contribution >= 4 is 65.3 Å². The van der Waals surface area contributed by atoms with E-state index in [1.807, 2.05) is 36.5 Å². The van der Waals surface area contributed by atoms with Gasteiger partial charge < -0.3 is 82.0 Å². The van der Waals surface area contributed by atoms with Crippen LogP contribution in [0.15, 0.2) is 64.8 Å². The van der Waals surface area contributed by atoms with E-state index in [-0.39, 0.29) is 57.7 Å².